The van der Waals surface area contributed by atoms with Crippen LogP contribution in [0.2, 0.25) is 0 Å². The molecule has 0 aliphatic heterocycles. The SMILES string of the molecule is COc1cc(OC)c(/C=C/S(=O)(=O)Cc2ccc(OC)c(-c3cc(N)ccc3C(=O)O)c2)c(OC)c1. The number of nitrogens with two attached hydrogens (primary N) is 1. The molecule has 0 aliphatic carbocycles. The molecule has 0 amide bonds. The van der Waals surface area contributed by atoms with Crippen molar-refractivity contribution < 1.29 is 37.3 Å². The molecule has 0 aliphatic rings. The van der Waals surface area contributed by atoms with Crippen LogP contribution in [0.5, 0.6) is 23.0 Å². The number of hydrogen-bond acceptors (Lipinski definition) is 8. The van der Waals surface area contributed by atoms with Crippen molar-refractivity contribution in [1.82, 2.24) is 0 Å². The fraction of sp³-hybridized carbons (Fsp3) is 0.192. The van der Waals surface area contributed by atoms with Gasteiger partial charge in [0.1, 0.15) is 23.0 Å². The summed E-state index contributed by atoms with van der Waals surface area (Å²) in [5.74, 6) is 0.158. The van der Waals surface area contributed by atoms with Crippen molar-refractivity contribution >= 4 is 27.6 Å². The minimum absolute atomic E-state index is 0.0149. The average molecular weight is 514 g/mol. The normalized spacial score (nSPS) is 11.3. The van der Waals surface area contributed by atoms with E-state index in [9.17, 15) is 18.3 Å². The lowest BCUT2D eigenvalue weighted by molar-refractivity contribution is 0.0697. The Balaban J connectivity index is 2.00. The van der Waals surface area contributed by atoms with E-state index in [0.29, 0.717) is 50.9 Å². The lowest BCUT2D eigenvalue weighted by Crippen LogP contribution is -2.04. The minimum Gasteiger partial charge on any atom is -0.496 e. The van der Waals surface area contributed by atoms with E-state index in [4.69, 9.17) is 24.7 Å². The van der Waals surface area contributed by atoms with Crippen molar-refractivity contribution in [2.75, 3.05) is 34.2 Å². The Morgan fingerprint density at radius 1 is 0.861 bits per heavy atom. The van der Waals surface area contributed by atoms with Gasteiger partial charge in [-0.05, 0) is 42.0 Å². The molecule has 0 radical (unpaired) electrons. The Morgan fingerprint density at radius 2 is 1.50 bits per heavy atom. The number of aromatic carboxylic acids is 1. The van der Waals surface area contributed by atoms with E-state index in [1.165, 1.54) is 52.7 Å². The van der Waals surface area contributed by atoms with Crippen molar-refractivity contribution in [2.45, 2.75) is 5.75 Å². The highest BCUT2D eigenvalue weighted by Crippen LogP contribution is 2.37. The molecule has 0 bridgehead atoms. The van der Waals surface area contributed by atoms with Gasteiger partial charge in [0, 0.05) is 34.4 Å². The molecule has 0 saturated heterocycles. The van der Waals surface area contributed by atoms with Crippen molar-refractivity contribution in [3.05, 3.63) is 70.6 Å². The van der Waals surface area contributed by atoms with Gasteiger partial charge in [0.15, 0.2) is 9.84 Å². The molecule has 36 heavy (non-hydrogen) atoms. The number of nitrogen functional groups attached to an aromatic ring is 1. The number of anilines is 1. The Bertz CT molecular complexity index is 1390. The first kappa shape index (κ1) is 26.4. The minimum atomic E-state index is -3.76. The van der Waals surface area contributed by atoms with Crippen LogP contribution in [0.25, 0.3) is 17.2 Å². The third-order valence-electron chi connectivity index (χ3n) is 5.39. The highest BCUT2D eigenvalue weighted by molar-refractivity contribution is 7.93. The summed E-state index contributed by atoms with van der Waals surface area (Å²) in [7, 11) is 2.11. The molecule has 0 aromatic heterocycles. The van der Waals surface area contributed by atoms with Crippen LogP contribution < -0.4 is 24.7 Å². The summed E-state index contributed by atoms with van der Waals surface area (Å²) in [4.78, 5) is 11.8. The van der Waals surface area contributed by atoms with Crippen molar-refractivity contribution in [2.24, 2.45) is 0 Å². The molecule has 3 rings (SSSR count). The summed E-state index contributed by atoms with van der Waals surface area (Å²) >= 11 is 0. The summed E-state index contributed by atoms with van der Waals surface area (Å²) in [6, 6.07) is 12.4. The molecule has 3 N–H and O–H groups in total. The van der Waals surface area contributed by atoms with E-state index in [2.05, 4.69) is 0 Å². The van der Waals surface area contributed by atoms with Crippen LogP contribution in [0.15, 0.2) is 53.9 Å². The van der Waals surface area contributed by atoms with Gasteiger partial charge in [-0.3, -0.25) is 0 Å². The van der Waals surface area contributed by atoms with Crippen LogP contribution in [0.3, 0.4) is 0 Å². The fourth-order valence-corrected chi connectivity index (χ4v) is 4.76. The van der Waals surface area contributed by atoms with E-state index in [1.54, 1.807) is 30.3 Å². The zero-order chi connectivity index (χ0) is 26.5. The number of carboxylic acids is 1. The maximum atomic E-state index is 13.0. The van der Waals surface area contributed by atoms with Gasteiger partial charge in [0.25, 0.3) is 0 Å². The zero-order valence-electron chi connectivity index (χ0n) is 20.3. The van der Waals surface area contributed by atoms with Crippen molar-refractivity contribution in [1.29, 1.82) is 0 Å². The molecule has 0 spiro atoms. The molecule has 0 heterocycles. The van der Waals surface area contributed by atoms with Gasteiger partial charge < -0.3 is 29.8 Å². The molecule has 9 nitrogen and oxygen atoms in total. The first-order chi connectivity index (χ1) is 17.1. The highest BCUT2D eigenvalue weighted by atomic mass is 32.2. The van der Waals surface area contributed by atoms with E-state index in [-0.39, 0.29) is 11.3 Å². The monoisotopic (exact) mass is 513 g/mol. The van der Waals surface area contributed by atoms with Crippen LogP contribution in [-0.4, -0.2) is 47.9 Å². The van der Waals surface area contributed by atoms with Crippen LogP contribution in [-0.2, 0) is 15.6 Å². The molecule has 0 atom stereocenters. The number of carboxylic acid groups (broad SMARTS) is 1. The summed E-state index contributed by atoms with van der Waals surface area (Å²) in [5, 5.41) is 10.7. The quantitative estimate of drug-likeness (QED) is 0.381. The van der Waals surface area contributed by atoms with Gasteiger partial charge in [-0.1, -0.05) is 6.07 Å². The van der Waals surface area contributed by atoms with E-state index >= 15 is 0 Å². The molecule has 0 saturated carbocycles. The Kier molecular flexibility index (Phi) is 8.11. The smallest absolute Gasteiger partial charge is 0.336 e. The van der Waals surface area contributed by atoms with Gasteiger partial charge in [-0.15, -0.1) is 0 Å². The van der Waals surface area contributed by atoms with E-state index in [1.807, 2.05) is 0 Å². The number of sulfone groups is 1. The predicted octanol–water partition coefficient (Wildman–Crippen LogP) is 4.25. The van der Waals surface area contributed by atoms with Crippen LogP contribution in [0, 0.1) is 0 Å². The maximum Gasteiger partial charge on any atom is 0.336 e. The number of ether oxygens (including phenoxy) is 4. The molecule has 3 aromatic rings. The second-order valence-corrected chi connectivity index (χ2v) is 9.59. The fourth-order valence-electron chi connectivity index (χ4n) is 3.68. The summed E-state index contributed by atoms with van der Waals surface area (Å²) < 4.78 is 47.3. The number of hydrogen-bond donors (Lipinski definition) is 2. The molecule has 10 heteroatoms. The van der Waals surface area contributed by atoms with E-state index < -0.39 is 15.8 Å². The summed E-state index contributed by atoms with van der Waals surface area (Å²) in [6.07, 6.45) is 1.40. The Morgan fingerprint density at radius 3 is 2.06 bits per heavy atom. The molecular formula is C26H27NO8S. The lowest BCUT2D eigenvalue weighted by atomic mass is 9.96. The zero-order valence-corrected chi connectivity index (χ0v) is 21.1. The van der Waals surface area contributed by atoms with Gasteiger partial charge in [-0.2, -0.15) is 0 Å². The standard InChI is InChI=1S/C26H27NO8S/c1-32-18-13-24(34-3)20(25(14-18)35-4)9-10-36(30,31)15-16-5-8-23(33-2)22(11-16)21-12-17(27)6-7-19(21)26(28)29/h5-14H,15,27H2,1-4H3,(H,28,29)/b10-9+. The molecule has 190 valence electrons. The van der Waals surface area contributed by atoms with Crippen LogP contribution in [0.1, 0.15) is 21.5 Å². The van der Waals surface area contributed by atoms with Crippen molar-refractivity contribution in [3.8, 4) is 34.1 Å². The number of rotatable bonds is 10. The average Bonchev–Trinajstić information content (AvgIpc) is 2.86. The third-order valence-corrected chi connectivity index (χ3v) is 6.68. The van der Waals surface area contributed by atoms with Crippen LogP contribution in [0.4, 0.5) is 5.69 Å². The van der Waals surface area contributed by atoms with Gasteiger partial charge in [-0.25, -0.2) is 13.2 Å². The first-order valence-electron chi connectivity index (χ1n) is 10.6. The number of benzene rings is 3. The van der Waals surface area contributed by atoms with Gasteiger partial charge >= 0.3 is 5.97 Å². The predicted molar refractivity (Wildman–Crippen MR) is 138 cm³/mol. The molecule has 0 unspecified atom stereocenters. The Hall–Kier alpha value is -4.18. The maximum absolute atomic E-state index is 13.0. The van der Waals surface area contributed by atoms with Crippen molar-refractivity contribution in [3.63, 3.8) is 0 Å². The summed E-state index contributed by atoms with van der Waals surface area (Å²) in [6.45, 7) is 0. The second kappa shape index (κ2) is 11.0. The number of carbonyl (C=O) groups is 1. The van der Waals surface area contributed by atoms with Gasteiger partial charge in [0.05, 0.1) is 45.3 Å². The second-order valence-electron chi connectivity index (χ2n) is 7.70. The van der Waals surface area contributed by atoms with Gasteiger partial charge in [0.2, 0.25) is 0 Å². The van der Waals surface area contributed by atoms with Crippen LogP contribution >= 0.6 is 0 Å². The molecule has 0 fully saturated rings. The van der Waals surface area contributed by atoms with E-state index in [0.717, 1.165) is 5.41 Å². The third kappa shape index (κ3) is 5.89. The topological polar surface area (TPSA) is 134 Å². The first-order valence-corrected chi connectivity index (χ1v) is 12.3. The lowest BCUT2D eigenvalue weighted by Gasteiger charge is -2.14. The highest BCUT2D eigenvalue weighted by Gasteiger charge is 2.18. The molecule has 3 aromatic carbocycles. The number of methoxy groups -OCH3 is 4. The Labute approximate surface area is 209 Å². The summed E-state index contributed by atoms with van der Waals surface area (Å²) in [5.41, 5.74) is 7.87. The molecular weight excluding hydrogens is 486 g/mol. The largest absolute Gasteiger partial charge is 0.496 e.